The van der Waals surface area contributed by atoms with Crippen LogP contribution in [-0.2, 0) is 33.3 Å². The molecule has 2 aliphatic heterocycles. The van der Waals surface area contributed by atoms with Gasteiger partial charge in [0, 0.05) is 0 Å². The highest BCUT2D eigenvalue weighted by Gasteiger charge is 2.58. The van der Waals surface area contributed by atoms with E-state index in [1.807, 2.05) is 0 Å². The van der Waals surface area contributed by atoms with Gasteiger partial charge < -0.3 is 23.7 Å². The SMILES string of the molecule is CC1(C)O[C@H]2O[C@H]([C@@H](CCl)OC=O)[C@H](OC=O)[C@H]2O1. The van der Waals surface area contributed by atoms with E-state index in [-0.39, 0.29) is 12.4 Å². The van der Waals surface area contributed by atoms with Crippen LogP contribution in [0.2, 0.25) is 0 Å². The Kier molecular flexibility index (Phi) is 4.29. The van der Waals surface area contributed by atoms with Crippen LogP contribution in [-0.4, -0.2) is 55.3 Å². The number of fused-ring (bicyclic) bond motifs is 1. The molecule has 2 rings (SSSR count). The second kappa shape index (κ2) is 5.62. The summed E-state index contributed by atoms with van der Waals surface area (Å²) >= 11 is 5.72. The van der Waals surface area contributed by atoms with Crippen molar-refractivity contribution in [3.63, 3.8) is 0 Å². The average molecular weight is 295 g/mol. The van der Waals surface area contributed by atoms with Crippen LogP contribution in [0.5, 0.6) is 0 Å². The molecule has 0 N–H and O–H groups in total. The number of hydrogen-bond donors (Lipinski definition) is 0. The fraction of sp³-hybridized carbons (Fsp3) is 0.818. The van der Waals surface area contributed by atoms with E-state index in [2.05, 4.69) is 0 Å². The number of ether oxygens (including phenoxy) is 5. The summed E-state index contributed by atoms with van der Waals surface area (Å²) in [6, 6.07) is 0. The molecule has 5 atom stereocenters. The van der Waals surface area contributed by atoms with Crippen molar-refractivity contribution < 1.29 is 33.3 Å². The van der Waals surface area contributed by atoms with Crippen molar-refractivity contribution >= 4 is 24.5 Å². The zero-order valence-corrected chi connectivity index (χ0v) is 11.2. The molecule has 19 heavy (non-hydrogen) atoms. The van der Waals surface area contributed by atoms with Crippen LogP contribution >= 0.6 is 11.6 Å². The zero-order chi connectivity index (χ0) is 14.0. The Morgan fingerprint density at radius 3 is 2.63 bits per heavy atom. The third kappa shape index (κ3) is 2.84. The molecule has 0 aromatic heterocycles. The van der Waals surface area contributed by atoms with Crippen molar-refractivity contribution in [2.75, 3.05) is 5.88 Å². The van der Waals surface area contributed by atoms with E-state index in [1.165, 1.54) is 0 Å². The smallest absolute Gasteiger partial charge is 0.293 e. The summed E-state index contributed by atoms with van der Waals surface area (Å²) in [7, 11) is 0. The number of alkyl halides is 1. The molecule has 0 aromatic carbocycles. The lowest BCUT2D eigenvalue weighted by Crippen LogP contribution is -2.44. The third-order valence-electron chi connectivity index (χ3n) is 2.99. The third-order valence-corrected chi connectivity index (χ3v) is 3.29. The molecule has 2 fully saturated rings. The molecule has 0 bridgehead atoms. The van der Waals surface area contributed by atoms with Gasteiger partial charge in [0.25, 0.3) is 12.9 Å². The molecule has 7 nitrogen and oxygen atoms in total. The van der Waals surface area contributed by atoms with E-state index >= 15 is 0 Å². The first-order valence-electron chi connectivity index (χ1n) is 5.77. The Balaban J connectivity index is 2.14. The summed E-state index contributed by atoms with van der Waals surface area (Å²) in [5, 5.41) is 0. The maximum Gasteiger partial charge on any atom is 0.293 e. The van der Waals surface area contributed by atoms with Gasteiger partial charge in [0.1, 0.15) is 12.2 Å². The van der Waals surface area contributed by atoms with E-state index in [9.17, 15) is 9.59 Å². The predicted molar refractivity (Wildman–Crippen MR) is 61.3 cm³/mol. The van der Waals surface area contributed by atoms with Gasteiger partial charge in [0.05, 0.1) is 5.88 Å². The summed E-state index contributed by atoms with van der Waals surface area (Å²) in [5.74, 6) is -0.822. The monoisotopic (exact) mass is 294 g/mol. The van der Waals surface area contributed by atoms with Crippen LogP contribution in [0.1, 0.15) is 13.8 Å². The van der Waals surface area contributed by atoms with E-state index in [0.29, 0.717) is 6.47 Å². The van der Waals surface area contributed by atoms with Gasteiger partial charge in [-0.2, -0.15) is 0 Å². The van der Waals surface area contributed by atoms with Gasteiger partial charge in [-0.05, 0) is 13.8 Å². The quantitative estimate of drug-likeness (QED) is 0.511. The van der Waals surface area contributed by atoms with E-state index in [1.54, 1.807) is 13.8 Å². The molecule has 108 valence electrons. The maximum absolute atomic E-state index is 10.6. The minimum Gasteiger partial charge on any atom is -0.460 e. The number of carbonyl (C=O) groups is 2. The largest absolute Gasteiger partial charge is 0.460 e. The first-order valence-corrected chi connectivity index (χ1v) is 6.31. The van der Waals surface area contributed by atoms with Crippen LogP contribution in [0.15, 0.2) is 0 Å². The first kappa shape index (κ1) is 14.5. The number of carbonyl (C=O) groups excluding carboxylic acids is 2. The minimum atomic E-state index is -0.827. The molecule has 0 aromatic rings. The van der Waals surface area contributed by atoms with E-state index < -0.39 is 36.5 Å². The molecule has 0 radical (unpaired) electrons. The van der Waals surface area contributed by atoms with Gasteiger partial charge in [-0.25, -0.2) is 0 Å². The van der Waals surface area contributed by atoms with Gasteiger partial charge in [-0.15, -0.1) is 11.6 Å². The molecule has 0 spiro atoms. The molecular formula is C11H15ClO7. The summed E-state index contributed by atoms with van der Waals surface area (Å²) in [6.45, 7) is 4.02. The first-order chi connectivity index (χ1) is 9.02. The Morgan fingerprint density at radius 1 is 1.32 bits per heavy atom. The van der Waals surface area contributed by atoms with Gasteiger partial charge in [0.2, 0.25) is 0 Å². The van der Waals surface area contributed by atoms with Crippen LogP contribution in [0.4, 0.5) is 0 Å². The van der Waals surface area contributed by atoms with Gasteiger partial charge in [-0.3, -0.25) is 9.59 Å². The highest BCUT2D eigenvalue weighted by Crippen LogP contribution is 2.39. The topological polar surface area (TPSA) is 80.3 Å². The molecule has 2 heterocycles. The van der Waals surface area contributed by atoms with E-state index in [0.717, 1.165) is 0 Å². The van der Waals surface area contributed by atoms with Crippen molar-refractivity contribution in [1.29, 1.82) is 0 Å². The maximum atomic E-state index is 10.6. The Morgan fingerprint density at radius 2 is 2.05 bits per heavy atom. The van der Waals surface area contributed by atoms with Gasteiger partial charge >= 0.3 is 0 Å². The summed E-state index contributed by atoms with van der Waals surface area (Å²) in [5.41, 5.74) is 0. The molecule has 0 unspecified atom stereocenters. The molecule has 2 saturated heterocycles. The molecular weight excluding hydrogens is 280 g/mol. The van der Waals surface area contributed by atoms with Crippen LogP contribution in [0.25, 0.3) is 0 Å². The summed E-state index contributed by atoms with van der Waals surface area (Å²) in [6.07, 6.45) is -3.48. The van der Waals surface area contributed by atoms with Crippen LogP contribution in [0, 0.1) is 0 Å². The lowest BCUT2D eigenvalue weighted by atomic mass is 10.1. The second-order valence-corrected chi connectivity index (χ2v) is 5.00. The van der Waals surface area contributed by atoms with Crippen LogP contribution < -0.4 is 0 Å². The van der Waals surface area contributed by atoms with Crippen molar-refractivity contribution in [3.8, 4) is 0 Å². The number of halogens is 1. The van der Waals surface area contributed by atoms with Gasteiger partial charge in [-0.1, -0.05) is 0 Å². The molecule has 2 aliphatic rings. The molecule has 0 amide bonds. The fourth-order valence-electron chi connectivity index (χ4n) is 2.30. The fourth-order valence-corrected chi connectivity index (χ4v) is 2.54. The Labute approximate surface area is 115 Å². The van der Waals surface area contributed by atoms with Crippen molar-refractivity contribution in [3.05, 3.63) is 0 Å². The summed E-state index contributed by atoms with van der Waals surface area (Å²) in [4.78, 5) is 21.0. The standard InChI is InChI=1S/C11H15ClO7/c1-11(2)18-9-8(16-5-14)7(17-10(9)19-11)6(3-12)15-4-13/h4-10H,3H2,1-2H3/t6-,7-,8+,9-,10-/m1/s1. The Hall–Kier alpha value is -0.890. The van der Waals surface area contributed by atoms with Crippen molar-refractivity contribution in [1.82, 2.24) is 0 Å². The molecule has 8 heteroatoms. The number of rotatable bonds is 6. The highest BCUT2D eigenvalue weighted by molar-refractivity contribution is 6.18. The second-order valence-electron chi connectivity index (χ2n) is 4.69. The summed E-state index contributed by atoms with van der Waals surface area (Å²) < 4.78 is 26.6. The highest BCUT2D eigenvalue weighted by atomic mass is 35.5. The average Bonchev–Trinajstić information content (AvgIpc) is 2.80. The normalized spacial score (nSPS) is 37.4. The van der Waals surface area contributed by atoms with Crippen molar-refractivity contribution in [2.45, 2.75) is 50.3 Å². The lowest BCUT2D eigenvalue weighted by Gasteiger charge is -2.27. The lowest BCUT2D eigenvalue weighted by molar-refractivity contribution is -0.227. The van der Waals surface area contributed by atoms with Gasteiger partial charge in [0.15, 0.2) is 24.3 Å². The zero-order valence-electron chi connectivity index (χ0n) is 10.5. The Bertz CT molecular complexity index is 348. The molecule has 0 aliphatic carbocycles. The van der Waals surface area contributed by atoms with E-state index in [4.69, 9.17) is 35.3 Å². The number of hydrogen-bond acceptors (Lipinski definition) is 7. The van der Waals surface area contributed by atoms with Crippen molar-refractivity contribution in [2.24, 2.45) is 0 Å². The molecule has 0 saturated carbocycles. The van der Waals surface area contributed by atoms with Crippen LogP contribution in [0.3, 0.4) is 0 Å². The minimum absolute atomic E-state index is 0.00492. The predicted octanol–water partition coefficient (Wildman–Crippen LogP) is 0.185.